The number of hydrogen-bond acceptors (Lipinski definition) is 3. The van der Waals surface area contributed by atoms with E-state index < -0.39 is 5.41 Å². The summed E-state index contributed by atoms with van der Waals surface area (Å²) in [7, 11) is 0. The van der Waals surface area contributed by atoms with Gasteiger partial charge >= 0.3 is 0 Å². The number of nitrogens with one attached hydrogen (secondary N) is 2. The van der Waals surface area contributed by atoms with Crippen LogP contribution in [0.25, 0.3) is 0 Å². The summed E-state index contributed by atoms with van der Waals surface area (Å²) in [6.07, 6.45) is 1.57. The van der Waals surface area contributed by atoms with Gasteiger partial charge in [0.1, 0.15) is 0 Å². The van der Waals surface area contributed by atoms with Gasteiger partial charge in [0.25, 0.3) is 0 Å². The summed E-state index contributed by atoms with van der Waals surface area (Å²) in [5.41, 5.74) is 5.13. The van der Waals surface area contributed by atoms with E-state index in [2.05, 4.69) is 24.6 Å². The molecule has 2 aromatic carbocycles. The van der Waals surface area contributed by atoms with Gasteiger partial charge in [-0.2, -0.15) is 0 Å². The number of hydrogen-bond donors (Lipinski definition) is 3. The Bertz CT molecular complexity index is 752. The zero-order chi connectivity index (χ0) is 20.1. The van der Waals surface area contributed by atoms with Crippen LogP contribution in [-0.4, -0.2) is 12.5 Å². The van der Waals surface area contributed by atoms with Crippen LogP contribution in [0.3, 0.4) is 0 Å². The van der Waals surface area contributed by atoms with Gasteiger partial charge in [-0.1, -0.05) is 63.6 Å². The van der Waals surface area contributed by atoms with Gasteiger partial charge in [-0.3, -0.25) is 16.1 Å². The Morgan fingerprint density at radius 1 is 1.00 bits per heavy atom. The fourth-order valence-electron chi connectivity index (χ4n) is 3.46. The molecule has 0 aromatic heterocycles. The number of carbonyl (C=O) groups excluding carboxylic acids is 1. The van der Waals surface area contributed by atoms with Gasteiger partial charge in [-0.05, 0) is 53.6 Å². The van der Waals surface area contributed by atoms with Gasteiger partial charge in [0, 0.05) is 22.7 Å². The van der Waals surface area contributed by atoms with Crippen molar-refractivity contribution in [2.45, 2.75) is 46.0 Å². The molecule has 5 heteroatoms. The number of nitrogens with two attached hydrogens (primary N) is 1. The lowest BCUT2D eigenvalue weighted by Gasteiger charge is -2.34. The Morgan fingerprint density at radius 3 is 2.15 bits per heavy atom. The SMILES string of the molecule is CC(C)(CC(C)(C)c1ccc(Cl)cc1)C(=O)Nc1ccc(CCNN)cc1. The normalized spacial score (nSPS) is 12.1. The van der Waals surface area contributed by atoms with Gasteiger partial charge in [-0.25, -0.2) is 0 Å². The largest absolute Gasteiger partial charge is 0.326 e. The summed E-state index contributed by atoms with van der Waals surface area (Å²) in [6.45, 7) is 9.01. The predicted octanol–water partition coefficient (Wildman–Crippen LogP) is 4.68. The maximum atomic E-state index is 12.9. The van der Waals surface area contributed by atoms with Crippen molar-refractivity contribution in [3.05, 3.63) is 64.7 Å². The van der Waals surface area contributed by atoms with E-state index in [0.29, 0.717) is 6.42 Å². The first kappa shape index (κ1) is 21.4. The summed E-state index contributed by atoms with van der Waals surface area (Å²) in [4.78, 5) is 12.9. The number of anilines is 1. The highest BCUT2D eigenvalue weighted by Crippen LogP contribution is 2.37. The molecule has 0 heterocycles. The third-order valence-corrected chi connectivity index (χ3v) is 5.15. The van der Waals surface area contributed by atoms with Crippen molar-refractivity contribution in [3.8, 4) is 0 Å². The van der Waals surface area contributed by atoms with Crippen LogP contribution < -0.4 is 16.6 Å². The first-order valence-electron chi connectivity index (χ1n) is 9.24. The van der Waals surface area contributed by atoms with Gasteiger partial charge in [0.05, 0.1) is 0 Å². The minimum atomic E-state index is -0.523. The number of benzene rings is 2. The fraction of sp³-hybridized carbons (Fsp3) is 0.409. The fourth-order valence-corrected chi connectivity index (χ4v) is 3.59. The smallest absolute Gasteiger partial charge is 0.230 e. The van der Waals surface area contributed by atoms with Crippen LogP contribution in [0.4, 0.5) is 5.69 Å². The molecule has 0 bridgehead atoms. The van der Waals surface area contributed by atoms with Crippen LogP contribution in [0.15, 0.2) is 48.5 Å². The Morgan fingerprint density at radius 2 is 1.59 bits per heavy atom. The van der Waals surface area contributed by atoms with Gasteiger partial charge in [-0.15, -0.1) is 0 Å². The van der Waals surface area contributed by atoms with Crippen LogP contribution in [0.1, 0.15) is 45.2 Å². The molecule has 0 aliphatic rings. The summed E-state index contributed by atoms with van der Waals surface area (Å²) in [5.74, 6) is 5.32. The second-order valence-corrected chi connectivity index (χ2v) is 8.74. The van der Waals surface area contributed by atoms with E-state index in [0.717, 1.165) is 23.7 Å². The van der Waals surface area contributed by atoms with Crippen molar-refractivity contribution in [2.24, 2.45) is 11.3 Å². The number of carbonyl (C=O) groups is 1. The highest BCUT2D eigenvalue weighted by molar-refractivity contribution is 6.30. The number of halogens is 1. The van der Waals surface area contributed by atoms with Crippen molar-refractivity contribution in [1.29, 1.82) is 0 Å². The molecule has 0 aliphatic carbocycles. The minimum Gasteiger partial charge on any atom is -0.326 e. The van der Waals surface area contributed by atoms with Crippen molar-refractivity contribution >= 4 is 23.2 Å². The molecule has 0 spiro atoms. The molecule has 0 saturated carbocycles. The lowest BCUT2D eigenvalue weighted by molar-refractivity contribution is -0.124. The zero-order valence-corrected chi connectivity index (χ0v) is 17.4. The second kappa shape index (κ2) is 8.87. The van der Waals surface area contributed by atoms with Crippen LogP contribution in [-0.2, 0) is 16.6 Å². The second-order valence-electron chi connectivity index (χ2n) is 8.31. The number of hydrazine groups is 1. The van der Waals surface area contributed by atoms with Crippen molar-refractivity contribution < 1.29 is 4.79 Å². The molecule has 0 radical (unpaired) electrons. The van der Waals surface area contributed by atoms with Crippen LogP contribution in [0, 0.1) is 5.41 Å². The van der Waals surface area contributed by atoms with Gasteiger partial charge in [0.2, 0.25) is 5.91 Å². The standard InChI is InChI=1S/C22H30ClN3O/c1-21(2,17-7-9-18(23)10-8-17)15-22(3,4)20(27)26-19-11-5-16(6-12-19)13-14-25-24/h5-12,25H,13-15,24H2,1-4H3,(H,26,27). The molecule has 1 amide bonds. The summed E-state index contributed by atoms with van der Waals surface area (Å²) in [6, 6.07) is 15.8. The Hall–Kier alpha value is -1.88. The maximum Gasteiger partial charge on any atom is 0.230 e. The zero-order valence-electron chi connectivity index (χ0n) is 16.6. The Kier molecular flexibility index (Phi) is 7.04. The monoisotopic (exact) mass is 387 g/mol. The molecule has 2 rings (SSSR count). The number of amides is 1. The first-order chi connectivity index (χ1) is 12.6. The predicted molar refractivity (Wildman–Crippen MR) is 114 cm³/mol. The molecule has 0 unspecified atom stereocenters. The van der Waals surface area contributed by atoms with Crippen LogP contribution in [0.2, 0.25) is 5.02 Å². The highest BCUT2D eigenvalue weighted by Gasteiger charge is 2.35. The molecule has 2 aromatic rings. The molecule has 0 saturated heterocycles. The van der Waals surface area contributed by atoms with Crippen LogP contribution in [0.5, 0.6) is 0 Å². The average Bonchev–Trinajstić information content (AvgIpc) is 2.60. The van der Waals surface area contributed by atoms with Crippen molar-refractivity contribution in [3.63, 3.8) is 0 Å². The molecule has 27 heavy (non-hydrogen) atoms. The molecule has 4 nitrogen and oxygen atoms in total. The van der Waals surface area contributed by atoms with E-state index in [1.165, 1.54) is 11.1 Å². The first-order valence-corrected chi connectivity index (χ1v) is 9.62. The maximum absolute atomic E-state index is 12.9. The summed E-state index contributed by atoms with van der Waals surface area (Å²) >= 11 is 6.00. The van der Waals surface area contributed by atoms with E-state index in [-0.39, 0.29) is 11.3 Å². The summed E-state index contributed by atoms with van der Waals surface area (Å²) in [5, 5.41) is 3.77. The lowest BCUT2D eigenvalue weighted by atomic mass is 9.71. The van der Waals surface area contributed by atoms with E-state index in [4.69, 9.17) is 17.4 Å². The topological polar surface area (TPSA) is 67.2 Å². The van der Waals surface area contributed by atoms with E-state index in [1.807, 2.05) is 62.4 Å². The van der Waals surface area contributed by atoms with Gasteiger partial charge < -0.3 is 5.32 Å². The summed E-state index contributed by atoms with van der Waals surface area (Å²) < 4.78 is 0. The molecular weight excluding hydrogens is 358 g/mol. The Balaban J connectivity index is 2.04. The van der Waals surface area contributed by atoms with E-state index in [1.54, 1.807) is 0 Å². The van der Waals surface area contributed by atoms with E-state index >= 15 is 0 Å². The quantitative estimate of drug-likeness (QED) is 0.455. The number of rotatable bonds is 8. The minimum absolute atomic E-state index is 0.0147. The third-order valence-electron chi connectivity index (χ3n) is 4.89. The van der Waals surface area contributed by atoms with E-state index in [9.17, 15) is 4.79 Å². The van der Waals surface area contributed by atoms with Crippen molar-refractivity contribution in [1.82, 2.24) is 5.43 Å². The third kappa shape index (κ3) is 6.06. The molecular formula is C22H30ClN3O. The Labute approximate surface area is 167 Å². The molecule has 0 fully saturated rings. The van der Waals surface area contributed by atoms with Gasteiger partial charge in [0.15, 0.2) is 0 Å². The lowest BCUT2D eigenvalue weighted by Crippen LogP contribution is -2.36. The molecule has 4 N–H and O–H groups in total. The average molecular weight is 388 g/mol. The molecule has 146 valence electrons. The highest BCUT2D eigenvalue weighted by atomic mass is 35.5. The van der Waals surface area contributed by atoms with Crippen LogP contribution >= 0.6 is 11.6 Å². The van der Waals surface area contributed by atoms with Crippen molar-refractivity contribution in [2.75, 3.05) is 11.9 Å². The molecule has 0 aliphatic heterocycles. The molecule has 0 atom stereocenters.